The molecule has 0 saturated heterocycles. The van der Waals surface area contributed by atoms with Crippen molar-refractivity contribution in [3.8, 4) is 11.4 Å². The smallest absolute Gasteiger partial charge is 0.262 e. The second-order valence-electron chi connectivity index (χ2n) is 7.37. The molecular formula is C20H23N5O2. The molecule has 0 radical (unpaired) electrons. The van der Waals surface area contributed by atoms with Crippen molar-refractivity contribution in [2.24, 2.45) is 0 Å². The fraction of sp³-hybridized carbons (Fsp3) is 0.300. The molecule has 0 spiro atoms. The predicted octanol–water partition coefficient (Wildman–Crippen LogP) is 3.29. The van der Waals surface area contributed by atoms with E-state index in [0.29, 0.717) is 11.4 Å². The molecule has 0 aliphatic heterocycles. The normalized spacial score (nSPS) is 11.3. The van der Waals surface area contributed by atoms with Gasteiger partial charge in [-0.15, -0.1) is 5.10 Å². The molecule has 0 aliphatic rings. The monoisotopic (exact) mass is 365 g/mol. The van der Waals surface area contributed by atoms with Crippen LogP contribution in [0.5, 0.6) is 5.75 Å². The molecule has 0 fully saturated rings. The number of carbonyl (C=O) groups excluding carboxylic acids is 1. The third-order valence-corrected chi connectivity index (χ3v) is 4.16. The van der Waals surface area contributed by atoms with Crippen molar-refractivity contribution in [2.45, 2.75) is 33.1 Å². The number of ether oxygens (including phenoxy) is 1. The summed E-state index contributed by atoms with van der Waals surface area (Å²) in [5.41, 5.74) is 3.64. The molecule has 1 amide bonds. The van der Waals surface area contributed by atoms with E-state index in [9.17, 15) is 4.79 Å². The Kier molecular flexibility index (Phi) is 5.21. The van der Waals surface area contributed by atoms with Gasteiger partial charge in [0.1, 0.15) is 12.1 Å². The van der Waals surface area contributed by atoms with Crippen LogP contribution in [-0.2, 0) is 10.2 Å². The van der Waals surface area contributed by atoms with Crippen LogP contribution in [0.15, 0.2) is 48.8 Å². The molecule has 3 aromatic rings. The number of benzene rings is 2. The van der Waals surface area contributed by atoms with Gasteiger partial charge in [0, 0.05) is 5.69 Å². The summed E-state index contributed by atoms with van der Waals surface area (Å²) >= 11 is 0. The van der Waals surface area contributed by atoms with Gasteiger partial charge in [0.05, 0.1) is 5.69 Å². The second kappa shape index (κ2) is 7.57. The number of aromatic nitrogens is 4. The Hall–Kier alpha value is -3.22. The first-order valence-electron chi connectivity index (χ1n) is 8.70. The molecule has 0 atom stereocenters. The van der Waals surface area contributed by atoms with E-state index in [4.69, 9.17) is 4.74 Å². The topological polar surface area (TPSA) is 81.9 Å². The molecule has 1 N–H and O–H groups in total. The van der Waals surface area contributed by atoms with E-state index in [0.717, 1.165) is 16.8 Å². The molecular weight excluding hydrogens is 342 g/mol. The summed E-state index contributed by atoms with van der Waals surface area (Å²) < 4.78 is 7.21. The van der Waals surface area contributed by atoms with Crippen LogP contribution >= 0.6 is 0 Å². The fourth-order valence-corrected chi connectivity index (χ4v) is 2.60. The highest BCUT2D eigenvalue weighted by atomic mass is 16.5. The van der Waals surface area contributed by atoms with Crippen LogP contribution in [0.3, 0.4) is 0 Å². The van der Waals surface area contributed by atoms with Gasteiger partial charge in [-0.2, -0.15) is 0 Å². The number of carbonyl (C=O) groups is 1. The summed E-state index contributed by atoms with van der Waals surface area (Å²) in [6.07, 6.45) is 1.51. The molecule has 0 aliphatic carbocycles. The van der Waals surface area contributed by atoms with Gasteiger partial charge < -0.3 is 10.1 Å². The number of nitrogens with zero attached hydrogens (tertiary/aromatic N) is 4. The maximum atomic E-state index is 12.3. The van der Waals surface area contributed by atoms with Crippen LogP contribution in [0.25, 0.3) is 5.69 Å². The molecule has 140 valence electrons. The number of amides is 1. The first-order chi connectivity index (χ1) is 12.8. The maximum Gasteiger partial charge on any atom is 0.262 e. The van der Waals surface area contributed by atoms with Crippen LogP contribution < -0.4 is 10.1 Å². The summed E-state index contributed by atoms with van der Waals surface area (Å²) in [6, 6.07) is 13.4. The van der Waals surface area contributed by atoms with E-state index in [-0.39, 0.29) is 17.9 Å². The number of tetrazole rings is 1. The Morgan fingerprint density at radius 2 is 2.00 bits per heavy atom. The lowest BCUT2D eigenvalue weighted by Gasteiger charge is -2.19. The Labute approximate surface area is 158 Å². The summed E-state index contributed by atoms with van der Waals surface area (Å²) in [6.45, 7) is 8.30. The molecule has 1 heterocycles. The SMILES string of the molecule is Cc1ccc(NC(=O)COc2cccc(C(C)(C)C)c2)cc1-n1cnnn1. The van der Waals surface area contributed by atoms with Crippen molar-refractivity contribution >= 4 is 11.6 Å². The van der Waals surface area contributed by atoms with Gasteiger partial charge in [0.25, 0.3) is 5.91 Å². The number of hydrogen-bond donors (Lipinski definition) is 1. The number of aryl methyl sites for hydroxylation is 1. The second-order valence-corrected chi connectivity index (χ2v) is 7.37. The van der Waals surface area contributed by atoms with Crippen LogP contribution in [0.1, 0.15) is 31.9 Å². The molecule has 7 heteroatoms. The third-order valence-electron chi connectivity index (χ3n) is 4.16. The largest absolute Gasteiger partial charge is 0.484 e. The molecule has 0 unspecified atom stereocenters. The summed E-state index contributed by atoms with van der Waals surface area (Å²) in [7, 11) is 0. The van der Waals surface area contributed by atoms with Gasteiger partial charge in [-0.25, -0.2) is 4.68 Å². The fourth-order valence-electron chi connectivity index (χ4n) is 2.60. The molecule has 3 rings (SSSR count). The van der Waals surface area contributed by atoms with Crippen molar-refractivity contribution in [1.29, 1.82) is 0 Å². The van der Waals surface area contributed by atoms with Gasteiger partial charge in [-0.1, -0.05) is 39.0 Å². The zero-order chi connectivity index (χ0) is 19.4. The Balaban J connectivity index is 1.64. The molecule has 0 saturated carbocycles. The zero-order valence-corrected chi connectivity index (χ0v) is 15.9. The van der Waals surface area contributed by atoms with E-state index in [1.807, 2.05) is 43.3 Å². The van der Waals surface area contributed by atoms with E-state index >= 15 is 0 Å². The van der Waals surface area contributed by atoms with Crippen molar-refractivity contribution in [3.05, 3.63) is 59.9 Å². The first-order valence-corrected chi connectivity index (χ1v) is 8.70. The summed E-state index contributed by atoms with van der Waals surface area (Å²) in [4.78, 5) is 12.3. The summed E-state index contributed by atoms with van der Waals surface area (Å²) in [5.74, 6) is 0.443. The summed E-state index contributed by atoms with van der Waals surface area (Å²) in [5, 5.41) is 14.0. The van der Waals surface area contributed by atoms with Gasteiger partial charge in [0.2, 0.25) is 0 Å². The van der Waals surface area contributed by atoms with E-state index in [1.54, 1.807) is 4.68 Å². The molecule has 7 nitrogen and oxygen atoms in total. The lowest BCUT2D eigenvalue weighted by atomic mass is 9.87. The highest BCUT2D eigenvalue weighted by Crippen LogP contribution is 2.25. The number of hydrogen-bond acceptors (Lipinski definition) is 5. The third kappa shape index (κ3) is 4.69. The first kappa shape index (κ1) is 18.6. The minimum absolute atomic E-state index is 0.0240. The van der Waals surface area contributed by atoms with Crippen LogP contribution in [0, 0.1) is 6.92 Å². The Morgan fingerprint density at radius 3 is 2.70 bits per heavy atom. The number of rotatable bonds is 5. The lowest BCUT2D eigenvalue weighted by molar-refractivity contribution is -0.118. The average molecular weight is 365 g/mol. The standard InChI is InChI=1S/C20H23N5O2/c1-14-8-9-16(11-18(14)25-13-21-23-24-25)22-19(26)12-27-17-7-5-6-15(10-17)20(2,3)4/h5-11,13H,12H2,1-4H3,(H,22,26). The van der Waals surface area contributed by atoms with Crippen molar-refractivity contribution in [1.82, 2.24) is 20.2 Å². The average Bonchev–Trinajstić information content (AvgIpc) is 3.15. The van der Waals surface area contributed by atoms with Crippen molar-refractivity contribution < 1.29 is 9.53 Å². The molecule has 1 aromatic heterocycles. The molecule has 27 heavy (non-hydrogen) atoms. The van der Waals surface area contributed by atoms with Crippen LogP contribution in [-0.4, -0.2) is 32.7 Å². The van der Waals surface area contributed by atoms with Gasteiger partial charge in [0.15, 0.2) is 6.61 Å². The Morgan fingerprint density at radius 1 is 1.19 bits per heavy atom. The lowest BCUT2D eigenvalue weighted by Crippen LogP contribution is -2.20. The Bertz CT molecular complexity index is 930. The van der Waals surface area contributed by atoms with Gasteiger partial charge >= 0.3 is 0 Å². The van der Waals surface area contributed by atoms with Crippen LogP contribution in [0.4, 0.5) is 5.69 Å². The van der Waals surface area contributed by atoms with Crippen molar-refractivity contribution in [3.63, 3.8) is 0 Å². The minimum atomic E-state index is -0.234. The predicted molar refractivity (Wildman–Crippen MR) is 103 cm³/mol. The van der Waals surface area contributed by atoms with E-state index < -0.39 is 0 Å². The zero-order valence-electron chi connectivity index (χ0n) is 15.9. The minimum Gasteiger partial charge on any atom is -0.484 e. The highest BCUT2D eigenvalue weighted by Gasteiger charge is 2.14. The number of nitrogens with one attached hydrogen (secondary N) is 1. The molecule has 0 bridgehead atoms. The van der Waals surface area contributed by atoms with Crippen molar-refractivity contribution in [2.75, 3.05) is 11.9 Å². The van der Waals surface area contributed by atoms with E-state index in [2.05, 4.69) is 47.7 Å². The quantitative estimate of drug-likeness (QED) is 0.750. The number of anilines is 1. The van der Waals surface area contributed by atoms with Crippen LogP contribution in [0.2, 0.25) is 0 Å². The van der Waals surface area contributed by atoms with Gasteiger partial charge in [-0.05, 0) is 58.2 Å². The van der Waals surface area contributed by atoms with E-state index in [1.165, 1.54) is 6.33 Å². The highest BCUT2D eigenvalue weighted by molar-refractivity contribution is 5.92. The van der Waals surface area contributed by atoms with Gasteiger partial charge in [-0.3, -0.25) is 4.79 Å². The maximum absolute atomic E-state index is 12.3. The molecule has 2 aromatic carbocycles.